The van der Waals surface area contributed by atoms with Crippen molar-refractivity contribution in [3.63, 3.8) is 0 Å². The third kappa shape index (κ3) is 3.25. The molecule has 8 heteroatoms. The lowest BCUT2D eigenvalue weighted by Gasteiger charge is -2.20. The number of fused-ring (bicyclic) bond motifs is 6. The van der Waals surface area contributed by atoms with Crippen LogP contribution in [0.15, 0.2) is 24.7 Å². The summed E-state index contributed by atoms with van der Waals surface area (Å²) in [4.78, 5) is 24.7. The molecule has 1 aliphatic heterocycles. The zero-order valence-corrected chi connectivity index (χ0v) is 18.6. The first-order valence-electron chi connectivity index (χ1n) is 11.6. The minimum Gasteiger partial charge on any atom is -0.337 e. The molecule has 0 N–H and O–H groups in total. The van der Waals surface area contributed by atoms with Gasteiger partial charge < -0.3 is 4.90 Å². The van der Waals surface area contributed by atoms with Crippen molar-refractivity contribution in [1.29, 1.82) is 0 Å². The summed E-state index contributed by atoms with van der Waals surface area (Å²) in [5.41, 5.74) is 8.07. The standard InChI is InChI=1S/C24H27N7O/c1-3-30-14-21-18(12-29(2)27-21)20-11-25-19-9-8-16(24(19)26-20)17-13-31(10-4-5-22(30)32)28-23(17)15-6-7-15/h8,11-13,15H,3-7,9-10,14H2,1-2H3. The van der Waals surface area contributed by atoms with Crippen LogP contribution in [0, 0.1) is 0 Å². The van der Waals surface area contributed by atoms with Gasteiger partial charge in [0.2, 0.25) is 5.91 Å². The topological polar surface area (TPSA) is 81.7 Å². The van der Waals surface area contributed by atoms with Gasteiger partial charge in [0.25, 0.3) is 0 Å². The maximum Gasteiger partial charge on any atom is 0.222 e. The van der Waals surface area contributed by atoms with Crippen LogP contribution < -0.4 is 0 Å². The van der Waals surface area contributed by atoms with E-state index in [-0.39, 0.29) is 5.91 Å². The Hall–Kier alpha value is -3.29. The highest BCUT2D eigenvalue weighted by Gasteiger charge is 2.33. The molecule has 2 aliphatic carbocycles. The molecule has 8 nitrogen and oxygen atoms in total. The second-order valence-corrected chi connectivity index (χ2v) is 9.01. The number of aryl methyl sites for hydroxylation is 2. The maximum atomic E-state index is 13.0. The maximum absolute atomic E-state index is 13.0. The van der Waals surface area contributed by atoms with Crippen LogP contribution in [-0.2, 0) is 31.4 Å². The van der Waals surface area contributed by atoms with Gasteiger partial charge in [-0.1, -0.05) is 6.08 Å². The van der Waals surface area contributed by atoms with Crippen molar-refractivity contribution in [2.45, 2.75) is 58.0 Å². The number of rotatable bonds is 2. The van der Waals surface area contributed by atoms with Crippen LogP contribution in [0.2, 0.25) is 0 Å². The number of amides is 1. The Morgan fingerprint density at radius 1 is 1.12 bits per heavy atom. The fourth-order valence-corrected chi connectivity index (χ4v) is 4.83. The number of allylic oxidation sites excluding steroid dienone is 1. The van der Waals surface area contributed by atoms with Crippen LogP contribution in [0.25, 0.3) is 16.8 Å². The van der Waals surface area contributed by atoms with E-state index in [0.29, 0.717) is 25.4 Å². The van der Waals surface area contributed by atoms with Gasteiger partial charge in [-0.15, -0.1) is 0 Å². The minimum atomic E-state index is 0.151. The van der Waals surface area contributed by atoms with E-state index >= 15 is 0 Å². The zero-order chi connectivity index (χ0) is 21.8. The molecule has 4 heterocycles. The summed E-state index contributed by atoms with van der Waals surface area (Å²) in [6.45, 7) is 3.88. The summed E-state index contributed by atoms with van der Waals surface area (Å²) in [5.74, 6) is 0.686. The van der Waals surface area contributed by atoms with Gasteiger partial charge in [-0.3, -0.25) is 19.1 Å². The molecule has 0 saturated heterocycles. The predicted octanol–water partition coefficient (Wildman–Crippen LogP) is 3.08. The fraction of sp³-hybridized carbons (Fsp3) is 0.458. The number of hydrogen-bond acceptors (Lipinski definition) is 5. The van der Waals surface area contributed by atoms with Crippen molar-refractivity contribution in [3.05, 3.63) is 53.0 Å². The molecule has 1 amide bonds. The van der Waals surface area contributed by atoms with Gasteiger partial charge in [0, 0.05) is 68.0 Å². The number of carbonyl (C=O) groups excluding carboxylic acids is 1. The monoisotopic (exact) mass is 429 g/mol. The highest BCUT2D eigenvalue weighted by molar-refractivity contribution is 5.84. The van der Waals surface area contributed by atoms with Crippen molar-refractivity contribution >= 4 is 11.5 Å². The summed E-state index contributed by atoms with van der Waals surface area (Å²) in [6, 6.07) is 0. The largest absolute Gasteiger partial charge is 0.337 e. The Morgan fingerprint density at radius 3 is 2.81 bits per heavy atom. The Labute approximate surface area is 187 Å². The van der Waals surface area contributed by atoms with E-state index in [1.165, 1.54) is 24.1 Å². The van der Waals surface area contributed by atoms with E-state index < -0.39 is 0 Å². The Morgan fingerprint density at radius 2 is 2.00 bits per heavy atom. The molecule has 0 aromatic carbocycles. The van der Waals surface area contributed by atoms with E-state index in [1.54, 1.807) is 4.68 Å². The van der Waals surface area contributed by atoms with Crippen LogP contribution in [0.1, 0.15) is 66.9 Å². The van der Waals surface area contributed by atoms with E-state index in [4.69, 9.17) is 15.1 Å². The van der Waals surface area contributed by atoms with Gasteiger partial charge in [0.1, 0.15) is 0 Å². The average molecular weight is 430 g/mol. The third-order valence-electron chi connectivity index (χ3n) is 6.68. The first kappa shape index (κ1) is 19.4. The lowest BCUT2D eigenvalue weighted by molar-refractivity contribution is -0.131. The van der Waals surface area contributed by atoms with E-state index in [0.717, 1.165) is 53.3 Å². The lowest BCUT2D eigenvalue weighted by Crippen LogP contribution is -2.30. The van der Waals surface area contributed by atoms with Crippen molar-refractivity contribution in [3.8, 4) is 11.3 Å². The van der Waals surface area contributed by atoms with Crippen molar-refractivity contribution in [2.24, 2.45) is 7.05 Å². The Balaban J connectivity index is 1.51. The summed E-state index contributed by atoms with van der Waals surface area (Å²) < 4.78 is 3.83. The summed E-state index contributed by atoms with van der Waals surface area (Å²) in [6.07, 6.45) is 12.7. The van der Waals surface area contributed by atoms with Crippen LogP contribution in [0.3, 0.4) is 0 Å². The molecular weight excluding hydrogens is 402 g/mol. The minimum absolute atomic E-state index is 0.151. The molecule has 1 fully saturated rings. The molecule has 0 atom stereocenters. The molecule has 0 radical (unpaired) electrons. The van der Waals surface area contributed by atoms with Crippen LogP contribution >= 0.6 is 0 Å². The van der Waals surface area contributed by atoms with Gasteiger partial charge in [-0.05, 0) is 26.2 Å². The third-order valence-corrected chi connectivity index (χ3v) is 6.68. The molecule has 32 heavy (non-hydrogen) atoms. The number of carbonyl (C=O) groups is 1. The Kier molecular flexibility index (Phi) is 4.48. The van der Waals surface area contributed by atoms with Crippen molar-refractivity contribution in [2.75, 3.05) is 6.54 Å². The molecule has 164 valence electrons. The average Bonchev–Trinajstić information content (AvgIpc) is 3.24. The number of hydrogen-bond donors (Lipinski definition) is 0. The molecule has 6 rings (SSSR count). The smallest absolute Gasteiger partial charge is 0.222 e. The van der Waals surface area contributed by atoms with E-state index in [1.807, 2.05) is 35.9 Å². The normalized spacial score (nSPS) is 18.2. The van der Waals surface area contributed by atoms with Crippen LogP contribution in [-0.4, -0.2) is 46.9 Å². The van der Waals surface area contributed by atoms with Crippen LogP contribution in [0.4, 0.5) is 0 Å². The van der Waals surface area contributed by atoms with Gasteiger partial charge in [-0.25, -0.2) is 4.98 Å². The molecule has 3 aromatic heterocycles. The molecule has 1 saturated carbocycles. The van der Waals surface area contributed by atoms with E-state index in [2.05, 4.69) is 17.4 Å². The number of aromatic nitrogens is 6. The zero-order valence-electron chi connectivity index (χ0n) is 18.6. The highest BCUT2D eigenvalue weighted by Crippen LogP contribution is 2.44. The number of nitrogens with zero attached hydrogens (tertiary/aromatic N) is 7. The molecule has 4 bridgehead atoms. The molecule has 3 aromatic rings. The first-order chi connectivity index (χ1) is 15.6. The van der Waals surface area contributed by atoms with Gasteiger partial charge >= 0.3 is 0 Å². The quantitative estimate of drug-likeness (QED) is 0.625. The van der Waals surface area contributed by atoms with Gasteiger partial charge in [0.15, 0.2) is 0 Å². The SMILES string of the molecule is CCN1Cc2nn(C)cc2-c2cnc3c(n2)C(=CC3)c2cn(nc2C2CC2)CCCC1=O. The van der Waals surface area contributed by atoms with Crippen LogP contribution in [0.5, 0.6) is 0 Å². The lowest BCUT2D eigenvalue weighted by atomic mass is 10.0. The fourth-order valence-electron chi connectivity index (χ4n) is 4.83. The second-order valence-electron chi connectivity index (χ2n) is 9.01. The predicted molar refractivity (Wildman–Crippen MR) is 120 cm³/mol. The molecular formula is C24H27N7O. The van der Waals surface area contributed by atoms with Gasteiger partial charge in [0.05, 0.1) is 41.2 Å². The van der Waals surface area contributed by atoms with Crippen molar-refractivity contribution in [1.82, 2.24) is 34.4 Å². The summed E-state index contributed by atoms with van der Waals surface area (Å²) >= 11 is 0. The Bertz CT molecular complexity index is 1250. The molecule has 0 unspecified atom stereocenters. The summed E-state index contributed by atoms with van der Waals surface area (Å²) in [5, 5.41) is 9.60. The highest BCUT2D eigenvalue weighted by atomic mass is 16.2. The van der Waals surface area contributed by atoms with Gasteiger partial charge in [-0.2, -0.15) is 10.2 Å². The second kappa shape index (κ2) is 7.39. The summed E-state index contributed by atoms with van der Waals surface area (Å²) in [7, 11) is 1.91. The van der Waals surface area contributed by atoms with E-state index in [9.17, 15) is 4.79 Å². The first-order valence-corrected chi connectivity index (χ1v) is 11.6. The molecule has 0 spiro atoms. The molecule has 3 aliphatic rings. The van der Waals surface area contributed by atoms with Crippen molar-refractivity contribution < 1.29 is 4.79 Å².